The summed E-state index contributed by atoms with van der Waals surface area (Å²) in [7, 11) is 0. The number of ether oxygens (including phenoxy) is 1. The third-order valence-electron chi connectivity index (χ3n) is 3.02. The van der Waals surface area contributed by atoms with Crippen LogP contribution in [0.25, 0.3) is 6.08 Å². The largest absolute Gasteiger partial charge is 0.465 e. The van der Waals surface area contributed by atoms with Crippen molar-refractivity contribution < 1.29 is 18.7 Å². The van der Waals surface area contributed by atoms with Crippen LogP contribution in [0.2, 0.25) is 0 Å². The first-order valence-corrected chi connectivity index (χ1v) is 6.77. The number of rotatable bonds is 4. The molecule has 0 aromatic carbocycles. The van der Waals surface area contributed by atoms with Gasteiger partial charge in [-0.05, 0) is 39.0 Å². The van der Waals surface area contributed by atoms with E-state index in [9.17, 15) is 9.59 Å². The minimum atomic E-state index is -0.626. The standard InChI is InChI=1S/C15H20N2O4/c1-15(2,3)21-12(18)9-17-11(13(16)14(17)19)7-6-10-5-4-8-20-10/h4-8,11,13H,9,16H2,1-3H3. The van der Waals surface area contributed by atoms with E-state index in [4.69, 9.17) is 14.9 Å². The van der Waals surface area contributed by atoms with Crippen LogP contribution in [-0.4, -0.2) is 41.0 Å². The fraction of sp³-hybridized carbons (Fsp3) is 0.467. The van der Waals surface area contributed by atoms with Crippen LogP contribution < -0.4 is 5.73 Å². The fourth-order valence-electron chi connectivity index (χ4n) is 2.10. The van der Waals surface area contributed by atoms with Crippen molar-refractivity contribution >= 4 is 18.0 Å². The predicted molar refractivity (Wildman–Crippen MR) is 77.1 cm³/mol. The van der Waals surface area contributed by atoms with Gasteiger partial charge in [0.15, 0.2) is 0 Å². The molecule has 6 nitrogen and oxygen atoms in total. The van der Waals surface area contributed by atoms with Gasteiger partial charge in [-0.15, -0.1) is 0 Å². The molecule has 2 atom stereocenters. The van der Waals surface area contributed by atoms with E-state index in [2.05, 4.69) is 0 Å². The SMILES string of the molecule is CC(C)(C)OC(=O)CN1C(=O)C(N)C1C=Cc1ccco1. The molecule has 2 rings (SSSR count). The van der Waals surface area contributed by atoms with Crippen molar-refractivity contribution in [1.82, 2.24) is 4.90 Å². The molecule has 1 amide bonds. The number of nitrogens with two attached hydrogens (primary N) is 1. The monoisotopic (exact) mass is 292 g/mol. The third kappa shape index (κ3) is 3.72. The van der Waals surface area contributed by atoms with E-state index >= 15 is 0 Å². The first kappa shape index (κ1) is 15.3. The lowest BCUT2D eigenvalue weighted by Crippen LogP contribution is -2.68. The van der Waals surface area contributed by atoms with E-state index in [1.807, 2.05) is 0 Å². The highest BCUT2D eigenvalue weighted by Crippen LogP contribution is 2.21. The van der Waals surface area contributed by atoms with Crippen LogP contribution in [0, 0.1) is 0 Å². The van der Waals surface area contributed by atoms with E-state index in [-0.39, 0.29) is 18.5 Å². The number of carbonyl (C=O) groups is 2. The quantitative estimate of drug-likeness (QED) is 0.665. The molecule has 2 unspecified atom stereocenters. The highest BCUT2D eigenvalue weighted by Gasteiger charge is 2.44. The third-order valence-corrected chi connectivity index (χ3v) is 3.02. The summed E-state index contributed by atoms with van der Waals surface area (Å²) in [6.07, 6.45) is 5.05. The van der Waals surface area contributed by atoms with Gasteiger partial charge in [-0.2, -0.15) is 0 Å². The van der Waals surface area contributed by atoms with Crippen LogP contribution in [0.1, 0.15) is 26.5 Å². The number of esters is 1. The van der Waals surface area contributed by atoms with Gasteiger partial charge in [-0.3, -0.25) is 9.59 Å². The maximum absolute atomic E-state index is 11.8. The molecule has 2 heterocycles. The molecule has 1 aromatic rings. The first-order chi connectivity index (χ1) is 9.78. The summed E-state index contributed by atoms with van der Waals surface area (Å²) >= 11 is 0. The summed E-state index contributed by atoms with van der Waals surface area (Å²) in [4.78, 5) is 25.0. The van der Waals surface area contributed by atoms with Crippen LogP contribution in [0.5, 0.6) is 0 Å². The maximum Gasteiger partial charge on any atom is 0.326 e. The van der Waals surface area contributed by atoms with E-state index in [1.54, 1.807) is 51.3 Å². The summed E-state index contributed by atoms with van der Waals surface area (Å²) < 4.78 is 10.4. The zero-order valence-corrected chi connectivity index (χ0v) is 12.4. The molecule has 21 heavy (non-hydrogen) atoms. The molecule has 2 N–H and O–H groups in total. The Hall–Kier alpha value is -2.08. The van der Waals surface area contributed by atoms with Crippen molar-refractivity contribution in [2.75, 3.05) is 6.54 Å². The molecule has 0 spiro atoms. The van der Waals surface area contributed by atoms with Gasteiger partial charge in [0.25, 0.3) is 0 Å². The van der Waals surface area contributed by atoms with E-state index in [1.165, 1.54) is 4.90 Å². The molecule has 1 fully saturated rings. The van der Waals surface area contributed by atoms with E-state index < -0.39 is 17.6 Å². The highest BCUT2D eigenvalue weighted by molar-refractivity contribution is 5.93. The Balaban J connectivity index is 1.97. The lowest BCUT2D eigenvalue weighted by Gasteiger charge is -2.43. The molecule has 114 valence electrons. The van der Waals surface area contributed by atoms with Gasteiger partial charge in [0.05, 0.1) is 12.3 Å². The van der Waals surface area contributed by atoms with E-state index in [0.717, 1.165) is 0 Å². The van der Waals surface area contributed by atoms with Crippen LogP contribution in [0.15, 0.2) is 28.9 Å². The van der Waals surface area contributed by atoms with Crippen LogP contribution in [0.4, 0.5) is 0 Å². The molecule has 0 saturated carbocycles. The Labute approximate surface area is 123 Å². The average Bonchev–Trinajstić information content (AvgIpc) is 2.88. The predicted octanol–water partition coefficient (Wildman–Crippen LogP) is 1.17. The minimum Gasteiger partial charge on any atom is -0.465 e. The van der Waals surface area contributed by atoms with Gasteiger partial charge in [0.1, 0.15) is 23.9 Å². The number of hydrogen-bond acceptors (Lipinski definition) is 5. The van der Waals surface area contributed by atoms with Crippen molar-refractivity contribution in [2.24, 2.45) is 5.73 Å². The van der Waals surface area contributed by atoms with E-state index in [0.29, 0.717) is 5.76 Å². The molecule has 1 aliphatic heterocycles. The molecule has 0 aliphatic carbocycles. The van der Waals surface area contributed by atoms with Crippen molar-refractivity contribution in [3.8, 4) is 0 Å². The lowest BCUT2D eigenvalue weighted by atomic mass is 9.95. The number of β-lactam (4-membered cyclic amide) rings is 1. The Kier molecular flexibility index (Phi) is 4.18. The maximum atomic E-state index is 11.8. The second kappa shape index (κ2) is 5.73. The molecule has 0 radical (unpaired) electrons. The van der Waals surface area contributed by atoms with Crippen LogP contribution in [0.3, 0.4) is 0 Å². The first-order valence-electron chi connectivity index (χ1n) is 6.77. The van der Waals surface area contributed by atoms with Crippen LogP contribution >= 0.6 is 0 Å². The number of hydrogen-bond donors (Lipinski definition) is 1. The molecule has 6 heteroatoms. The molecule has 1 saturated heterocycles. The Morgan fingerprint density at radius 3 is 2.81 bits per heavy atom. The van der Waals surface area contributed by atoms with Gasteiger partial charge >= 0.3 is 5.97 Å². The zero-order valence-electron chi connectivity index (χ0n) is 12.4. The topological polar surface area (TPSA) is 85.8 Å². The number of nitrogens with zero attached hydrogens (tertiary/aromatic N) is 1. The lowest BCUT2D eigenvalue weighted by molar-refractivity contribution is -0.164. The summed E-state index contributed by atoms with van der Waals surface area (Å²) in [6, 6.07) is 2.61. The Morgan fingerprint density at radius 1 is 1.52 bits per heavy atom. The number of carbonyl (C=O) groups excluding carboxylic acids is 2. The van der Waals surface area contributed by atoms with Crippen molar-refractivity contribution in [3.05, 3.63) is 30.2 Å². The van der Waals surface area contributed by atoms with Crippen molar-refractivity contribution in [1.29, 1.82) is 0 Å². The Morgan fingerprint density at radius 2 is 2.24 bits per heavy atom. The van der Waals surface area contributed by atoms with Gasteiger partial charge < -0.3 is 19.8 Å². The summed E-state index contributed by atoms with van der Waals surface area (Å²) in [5.74, 6) is -0.0344. The highest BCUT2D eigenvalue weighted by atomic mass is 16.6. The van der Waals surface area contributed by atoms with Crippen molar-refractivity contribution in [2.45, 2.75) is 38.5 Å². The zero-order chi connectivity index (χ0) is 15.6. The molecular formula is C15H20N2O4. The van der Waals surface area contributed by atoms with Crippen molar-refractivity contribution in [3.63, 3.8) is 0 Å². The second-order valence-corrected chi connectivity index (χ2v) is 5.94. The summed E-state index contributed by atoms with van der Waals surface area (Å²) in [5.41, 5.74) is 5.20. The molecule has 1 aromatic heterocycles. The number of likely N-dealkylation sites (tertiary alicyclic amines) is 1. The summed E-state index contributed by atoms with van der Waals surface area (Å²) in [5, 5.41) is 0. The smallest absolute Gasteiger partial charge is 0.326 e. The van der Waals surface area contributed by atoms with Gasteiger partial charge in [-0.1, -0.05) is 6.08 Å². The Bertz CT molecular complexity index is 543. The van der Waals surface area contributed by atoms with Gasteiger partial charge in [0, 0.05) is 0 Å². The molecular weight excluding hydrogens is 272 g/mol. The molecule has 0 bridgehead atoms. The van der Waals surface area contributed by atoms with Gasteiger partial charge in [0.2, 0.25) is 5.91 Å². The summed E-state index contributed by atoms with van der Waals surface area (Å²) in [6.45, 7) is 5.24. The number of amides is 1. The average molecular weight is 292 g/mol. The number of furan rings is 1. The van der Waals surface area contributed by atoms with Crippen LogP contribution in [-0.2, 0) is 14.3 Å². The second-order valence-electron chi connectivity index (χ2n) is 5.94. The minimum absolute atomic E-state index is 0.100. The fourth-order valence-corrected chi connectivity index (χ4v) is 2.10. The molecule has 1 aliphatic rings. The normalized spacial score (nSPS) is 22.5. The van der Waals surface area contributed by atoms with Gasteiger partial charge in [-0.25, -0.2) is 0 Å².